The van der Waals surface area contributed by atoms with Crippen molar-refractivity contribution in [1.82, 2.24) is 0 Å². The van der Waals surface area contributed by atoms with Gasteiger partial charge in [-0.15, -0.1) is 0 Å². The third kappa shape index (κ3) is 2.73. The topological polar surface area (TPSA) is 20.2 Å². The average Bonchev–Trinajstić information content (AvgIpc) is 2.10. The number of halogens is 1. The number of benzene rings is 1. The Kier molecular flexibility index (Phi) is 3.79. The quantitative estimate of drug-likeness (QED) is 0.848. The van der Waals surface area contributed by atoms with E-state index in [1.807, 2.05) is 12.1 Å². The van der Waals surface area contributed by atoms with Gasteiger partial charge in [0.1, 0.15) is 5.75 Å². The Hall–Kier alpha value is -0.500. The Morgan fingerprint density at radius 2 is 2.15 bits per heavy atom. The molecule has 2 heteroatoms. The third-order valence-electron chi connectivity index (χ3n) is 2.26. The second-order valence-electron chi connectivity index (χ2n) is 3.40. The Morgan fingerprint density at radius 3 is 2.69 bits per heavy atom. The summed E-state index contributed by atoms with van der Waals surface area (Å²) in [5, 5.41) is 9.31. The minimum Gasteiger partial charge on any atom is -0.507 e. The fourth-order valence-corrected chi connectivity index (χ4v) is 1.83. The second-order valence-corrected chi connectivity index (χ2v) is 4.25. The number of phenolic OH excluding ortho intramolecular Hbond substituents is 1. The average molecular weight is 243 g/mol. The molecule has 0 amide bonds. The van der Waals surface area contributed by atoms with Crippen LogP contribution in [0.4, 0.5) is 0 Å². The number of rotatable bonds is 3. The second kappa shape index (κ2) is 4.66. The van der Waals surface area contributed by atoms with E-state index in [1.165, 1.54) is 18.4 Å². The minimum absolute atomic E-state index is 0.312. The van der Waals surface area contributed by atoms with E-state index < -0.39 is 0 Å². The van der Waals surface area contributed by atoms with Crippen LogP contribution in [-0.2, 0) is 0 Å². The zero-order valence-electron chi connectivity index (χ0n) is 8.05. The molecule has 13 heavy (non-hydrogen) atoms. The van der Waals surface area contributed by atoms with E-state index in [-0.39, 0.29) is 0 Å². The van der Waals surface area contributed by atoms with Crippen molar-refractivity contribution < 1.29 is 5.11 Å². The molecule has 0 spiro atoms. The number of hydrogen-bond donors (Lipinski definition) is 1. The molecule has 0 aromatic heterocycles. The van der Waals surface area contributed by atoms with Crippen LogP contribution in [0.5, 0.6) is 5.75 Å². The molecule has 72 valence electrons. The highest BCUT2D eigenvalue weighted by molar-refractivity contribution is 9.10. The van der Waals surface area contributed by atoms with Crippen LogP contribution in [0, 0.1) is 0 Å². The lowest BCUT2D eigenvalue weighted by Gasteiger charge is -2.11. The fourth-order valence-electron chi connectivity index (χ4n) is 1.43. The van der Waals surface area contributed by atoms with Gasteiger partial charge in [0.25, 0.3) is 0 Å². The molecule has 1 aromatic carbocycles. The van der Waals surface area contributed by atoms with Crippen molar-refractivity contribution in [3.05, 3.63) is 28.2 Å². The molecule has 1 N–H and O–H groups in total. The van der Waals surface area contributed by atoms with E-state index in [4.69, 9.17) is 0 Å². The largest absolute Gasteiger partial charge is 0.507 e. The van der Waals surface area contributed by atoms with Crippen molar-refractivity contribution >= 4 is 15.9 Å². The predicted molar refractivity (Wildman–Crippen MR) is 59.1 cm³/mol. The van der Waals surface area contributed by atoms with Crippen LogP contribution >= 0.6 is 15.9 Å². The normalized spacial score (nSPS) is 12.8. The van der Waals surface area contributed by atoms with Crippen LogP contribution in [0.15, 0.2) is 22.7 Å². The van der Waals surface area contributed by atoms with Gasteiger partial charge in [-0.2, -0.15) is 0 Å². The first-order valence-electron chi connectivity index (χ1n) is 4.63. The van der Waals surface area contributed by atoms with Gasteiger partial charge >= 0.3 is 0 Å². The third-order valence-corrected chi connectivity index (χ3v) is 2.90. The van der Waals surface area contributed by atoms with E-state index in [1.54, 1.807) is 6.07 Å². The number of hydrogen-bond acceptors (Lipinski definition) is 1. The van der Waals surface area contributed by atoms with Crippen LogP contribution in [0.3, 0.4) is 0 Å². The molecule has 0 saturated heterocycles. The highest BCUT2D eigenvalue weighted by atomic mass is 79.9. The maximum Gasteiger partial charge on any atom is 0.129 e. The summed E-state index contributed by atoms with van der Waals surface area (Å²) in [6.45, 7) is 4.40. The molecule has 0 aliphatic heterocycles. The highest BCUT2D eigenvalue weighted by Crippen LogP contribution is 2.29. The highest BCUT2D eigenvalue weighted by Gasteiger charge is 2.06. The first-order chi connectivity index (χ1) is 6.15. The van der Waals surface area contributed by atoms with Crippen LogP contribution in [0.2, 0.25) is 0 Å². The summed E-state index contributed by atoms with van der Waals surface area (Å²) in [4.78, 5) is 0. The Balaban J connectivity index is 2.84. The first-order valence-corrected chi connectivity index (χ1v) is 5.43. The molecule has 0 saturated carbocycles. The molecule has 1 nitrogen and oxygen atoms in total. The maximum atomic E-state index is 9.31. The van der Waals surface area contributed by atoms with E-state index in [0.717, 1.165) is 4.47 Å². The number of aromatic hydroxyl groups is 1. The van der Waals surface area contributed by atoms with Gasteiger partial charge in [-0.3, -0.25) is 0 Å². The van der Waals surface area contributed by atoms with Crippen LogP contribution in [-0.4, -0.2) is 5.11 Å². The lowest BCUT2D eigenvalue weighted by atomic mass is 9.97. The van der Waals surface area contributed by atoms with Crippen LogP contribution in [0.1, 0.15) is 38.2 Å². The summed E-state index contributed by atoms with van der Waals surface area (Å²) in [5.74, 6) is 0.884. The smallest absolute Gasteiger partial charge is 0.129 e. The Morgan fingerprint density at radius 1 is 1.46 bits per heavy atom. The summed E-state index contributed by atoms with van der Waals surface area (Å²) in [7, 11) is 0. The van der Waals surface area contributed by atoms with E-state index in [9.17, 15) is 5.11 Å². The molecule has 0 heterocycles. The SMILES string of the molecule is CCCC(C)c1ccc(O)c(Br)c1. The van der Waals surface area contributed by atoms with Crippen LogP contribution in [0.25, 0.3) is 0 Å². The van der Waals surface area contributed by atoms with Crippen molar-refractivity contribution in [3.63, 3.8) is 0 Å². The Labute approximate surface area is 87.9 Å². The standard InChI is InChI=1S/C11H15BrO/c1-3-4-8(2)9-5-6-11(13)10(12)7-9/h5-8,13H,3-4H2,1-2H3. The van der Waals surface area contributed by atoms with E-state index in [0.29, 0.717) is 11.7 Å². The van der Waals surface area contributed by atoms with Crippen molar-refractivity contribution in [1.29, 1.82) is 0 Å². The van der Waals surface area contributed by atoms with Gasteiger partial charge in [0.2, 0.25) is 0 Å². The summed E-state index contributed by atoms with van der Waals surface area (Å²) < 4.78 is 0.785. The molecule has 0 radical (unpaired) electrons. The molecule has 0 aliphatic rings. The fraction of sp³-hybridized carbons (Fsp3) is 0.455. The van der Waals surface area contributed by atoms with Crippen molar-refractivity contribution in [3.8, 4) is 5.75 Å². The molecule has 0 aliphatic carbocycles. The van der Waals surface area contributed by atoms with Gasteiger partial charge in [0, 0.05) is 0 Å². The van der Waals surface area contributed by atoms with Crippen LogP contribution < -0.4 is 0 Å². The molecule has 1 aromatic rings. The first kappa shape index (κ1) is 10.6. The van der Waals surface area contributed by atoms with E-state index >= 15 is 0 Å². The van der Waals surface area contributed by atoms with Crippen molar-refractivity contribution in [2.24, 2.45) is 0 Å². The Bertz CT molecular complexity index is 283. The van der Waals surface area contributed by atoms with Gasteiger partial charge < -0.3 is 5.11 Å². The van der Waals surface area contributed by atoms with Gasteiger partial charge in [0.05, 0.1) is 4.47 Å². The zero-order chi connectivity index (χ0) is 9.84. The summed E-state index contributed by atoms with van der Waals surface area (Å²) in [6, 6.07) is 5.72. The lowest BCUT2D eigenvalue weighted by Crippen LogP contribution is -1.92. The van der Waals surface area contributed by atoms with Gasteiger partial charge in [0.15, 0.2) is 0 Å². The molecule has 0 bridgehead atoms. The zero-order valence-corrected chi connectivity index (χ0v) is 9.63. The summed E-state index contributed by atoms with van der Waals surface area (Å²) in [5.41, 5.74) is 1.28. The summed E-state index contributed by atoms with van der Waals surface area (Å²) in [6.07, 6.45) is 2.39. The molecule has 1 unspecified atom stereocenters. The molecule has 1 atom stereocenters. The van der Waals surface area contributed by atoms with Gasteiger partial charge in [-0.25, -0.2) is 0 Å². The summed E-state index contributed by atoms with van der Waals surface area (Å²) >= 11 is 3.32. The molecule has 0 fully saturated rings. The predicted octanol–water partition coefficient (Wildman–Crippen LogP) is 4.06. The minimum atomic E-state index is 0.312. The van der Waals surface area contributed by atoms with Crippen molar-refractivity contribution in [2.75, 3.05) is 0 Å². The lowest BCUT2D eigenvalue weighted by molar-refractivity contribution is 0.471. The maximum absolute atomic E-state index is 9.31. The van der Waals surface area contributed by atoms with Gasteiger partial charge in [-0.1, -0.05) is 26.3 Å². The molecular formula is C11H15BrO. The van der Waals surface area contributed by atoms with Crippen molar-refractivity contribution in [2.45, 2.75) is 32.6 Å². The molecular weight excluding hydrogens is 228 g/mol. The van der Waals surface area contributed by atoms with E-state index in [2.05, 4.69) is 29.8 Å². The number of phenols is 1. The van der Waals surface area contributed by atoms with Gasteiger partial charge in [-0.05, 0) is 46.0 Å². The monoisotopic (exact) mass is 242 g/mol. The molecule has 1 rings (SSSR count).